The second-order valence-corrected chi connectivity index (χ2v) is 6.54. The highest BCUT2D eigenvalue weighted by atomic mass is 19.1. The van der Waals surface area contributed by atoms with Crippen molar-refractivity contribution in [3.05, 3.63) is 59.9 Å². The Balaban J connectivity index is 1.58. The Labute approximate surface area is 145 Å². The van der Waals surface area contributed by atoms with Gasteiger partial charge in [0.1, 0.15) is 5.82 Å². The molecule has 1 saturated heterocycles. The quantitative estimate of drug-likeness (QED) is 0.868. The maximum absolute atomic E-state index is 13.7. The third kappa shape index (κ3) is 2.28. The molecule has 0 radical (unpaired) electrons. The fourth-order valence-electron chi connectivity index (χ4n) is 3.85. The van der Waals surface area contributed by atoms with Crippen molar-refractivity contribution < 1.29 is 14.0 Å². The fraction of sp³-hybridized carbons (Fsp3) is 0.263. The van der Waals surface area contributed by atoms with E-state index in [1.165, 1.54) is 12.1 Å². The molecular formula is C19H18FN3O2. The lowest BCUT2D eigenvalue weighted by Gasteiger charge is -2.23. The topological polar surface area (TPSA) is 52.7 Å². The van der Waals surface area contributed by atoms with E-state index in [4.69, 9.17) is 0 Å². The van der Waals surface area contributed by atoms with Gasteiger partial charge in [0.2, 0.25) is 5.91 Å². The van der Waals surface area contributed by atoms with Crippen LogP contribution in [0.5, 0.6) is 0 Å². The maximum Gasteiger partial charge on any atom is 0.321 e. The molecular weight excluding hydrogens is 321 g/mol. The summed E-state index contributed by atoms with van der Waals surface area (Å²) in [5, 5.41) is 2.60. The number of hydrogen-bond donors (Lipinski definition) is 1. The second kappa shape index (κ2) is 5.58. The van der Waals surface area contributed by atoms with Crippen LogP contribution >= 0.6 is 0 Å². The maximum atomic E-state index is 13.7. The Morgan fingerprint density at radius 1 is 1.16 bits per heavy atom. The first kappa shape index (κ1) is 15.6. The van der Waals surface area contributed by atoms with Crippen molar-refractivity contribution in [2.75, 3.05) is 30.4 Å². The fourth-order valence-corrected chi connectivity index (χ4v) is 3.85. The normalized spacial score (nSPS) is 21.8. The molecule has 2 aromatic rings. The van der Waals surface area contributed by atoms with Gasteiger partial charge in [0, 0.05) is 25.8 Å². The number of likely N-dealkylation sites (tertiary alicyclic amines) is 1. The molecule has 0 aromatic heterocycles. The molecule has 2 heterocycles. The van der Waals surface area contributed by atoms with E-state index >= 15 is 0 Å². The zero-order valence-corrected chi connectivity index (χ0v) is 13.8. The molecule has 6 heteroatoms. The molecule has 128 valence electrons. The Morgan fingerprint density at radius 3 is 2.68 bits per heavy atom. The van der Waals surface area contributed by atoms with E-state index < -0.39 is 11.2 Å². The Bertz CT molecular complexity index is 869. The largest absolute Gasteiger partial charge is 0.323 e. The van der Waals surface area contributed by atoms with Crippen molar-refractivity contribution in [3.63, 3.8) is 0 Å². The number of amides is 3. The van der Waals surface area contributed by atoms with E-state index in [9.17, 15) is 14.0 Å². The first-order chi connectivity index (χ1) is 12.0. The van der Waals surface area contributed by atoms with Gasteiger partial charge in [-0.1, -0.05) is 30.3 Å². The van der Waals surface area contributed by atoms with E-state index in [1.807, 2.05) is 24.3 Å². The number of anilines is 2. The first-order valence-electron chi connectivity index (χ1n) is 8.21. The molecule has 2 aliphatic rings. The number of para-hydroxylation sites is 2. The lowest BCUT2D eigenvalue weighted by atomic mass is 9.81. The Morgan fingerprint density at radius 2 is 1.88 bits per heavy atom. The Hall–Kier alpha value is -2.89. The van der Waals surface area contributed by atoms with Crippen LogP contribution in [0.3, 0.4) is 0 Å². The summed E-state index contributed by atoms with van der Waals surface area (Å²) in [6.45, 7) is 0.752. The van der Waals surface area contributed by atoms with Crippen molar-refractivity contribution >= 4 is 23.3 Å². The van der Waals surface area contributed by atoms with Crippen LogP contribution in [-0.2, 0) is 10.2 Å². The summed E-state index contributed by atoms with van der Waals surface area (Å²) in [4.78, 5) is 28.6. The predicted octanol–water partition coefficient (Wildman–Crippen LogP) is 2.98. The summed E-state index contributed by atoms with van der Waals surface area (Å²) in [6, 6.07) is 13.3. The van der Waals surface area contributed by atoms with Gasteiger partial charge in [-0.3, -0.25) is 4.79 Å². The van der Waals surface area contributed by atoms with Crippen molar-refractivity contribution in [3.8, 4) is 0 Å². The second-order valence-electron chi connectivity index (χ2n) is 6.54. The molecule has 2 aromatic carbocycles. The number of nitrogens with one attached hydrogen (secondary N) is 1. The van der Waals surface area contributed by atoms with Gasteiger partial charge in [-0.05, 0) is 30.2 Å². The minimum Gasteiger partial charge on any atom is -0.323 e. The van der Waals surface area contributed by atoms with Crippen LogP contribution in [-0.4, -0.2) is 37.0 Å². The van der Waals surface area contributed by atoms with Gasteiger partial charge >= 0.3 is 6.03 Å². The van der Waals surface area contributed by atoms with E-state index in [0.717, 1.165) is 11.3 Å². The molecule has 4 rings (SSSR count). The molecule has 3 amide bonds. The summed E-state index contributed by atoms with van der Waals surface area (Å²) in [5.74, 6) is -0.471. The number of hydrogen-bond acceptors (Lipinski definition) is 2. The molecule has 1 atom stereocenters. The van der Waals surface area contributed by atoms with Gasteiger partial charge in [-0.25, -0.2) is 9.18 Å². The molecule has 0 bridgehead atoms. The van der Waals surface area contributed by atoms with Gasteiger partial charge in [-0.2, -0.15) is 0 Å². The monoisotopic (exact) mass is 339 g/mol. The number of carbonyl (C=O) groups is 2. The Kier molecular flexibility index (Phi) is 3.49. The highest BCUT2D eigenvalue weighted by Gasteiger charge is 2.54. The van der Waals surface area contributed by atoms with Crippen LogP contribution in [0.25, 0.3) is 0 Å². The molecule has 1 spiro atoms. The third-order valence-corrected chi connectivity index (χ3v) is 5.17. The third-order valence-electron chi connectivity index (χ3n) is 5.17. The molecule has 0 aliphatic carbocycles. The van der Waals surface area contributed by atoms with Crippen LogP contribution in [0, 0.1) is 5.82 Å². The van der Waals surface area contributed by atoms with Gasteiger partial charge in [-0.15, -0.1) is 0 Å². The minimum atomic E-state index is -0.697. The number of rotatable bonds is 1. The number of likely N-dealkylation sites (N-methyl/N-ethyl adjacent to an activating group) is 1. The number of carbonyl (C=O) groups excluding carboxylic acids is 2. The lowest BCUT2D eigenvalue weighted by Crippen LogP contribution is -2.43. The van der Waals surface area contributed by atoms with Crippen LogP contribution in [0.4, 0.5) is 20.6 Å². The number of benzene rings is 2. The molecule has 0 saturated carbocycles. The summed E-state index contributed by atoms with van der Waals surface area (Å²) < 4.78 is 13.7. The lowest BCUT2D eigenvalue weighted by molar-refractivity contribution is -0.122. The molecule has 1 N–H and O–H groups in total. The number of urea groups is 1. The van der Waals surface area contributed by atoms with E-state index in [2.05, 4.69) is 5.32 Å². The molecule has 5 nitrogen and oxygen atoms in total. The number of nitrogens with zero attached hydrogens (tertiary/aromatic N) is 2. The smallest absolute Gasteiger partial charge is 0.321 e. The van der Waals surface area contributed by atoms with Crippen molar-refractivity contribution in [2.45, 2.75) is 11.8 Å². The minimum absolute atomic E-state index is 0.00916. The molecule has 2 aliphatic heterocycles. The summed E-state index contributed by atoms with van der Waals surface area (Å²) >= 11 is 0. The average Bonchev–Trinajstić information content (AvgIpc) is 3.16. The van der Waals surface area contributed by atoms with E-state index in [0.29, 0.717) is 19.5 Å². The van der Waals surface area contributed by atoms with Crippen molar-refractivity contribution in [1.82, 2.24) is 4.90 Å². The van der Waals surface area contributed by atoms with Crippen molar-refractivity contribution in [1.29, 1.82) is 0 Å². The highest BCUT2D eigenvalue weighted by Crippen LogP contribution is 2.46. The number of halogens is 1. The standard InChI is InChI=1S/C19H18FN3O2/c1-22-16-9-5-2-6-13(16)19(17(22)24)10-11-23(12-19)18(25)21-15-8-4-3-7-14(15)20/h2-9H,10-12H2,1H3,(H,21,25). The summed E-state index contributed by atoms with van der Waals surface area (Å²) in [7, 11) is 1.76. The summed E-state index contributed by atoms with van der Waals surface area (Å²) in [6.07, 6.45) is 0.567. The van der Waals surface area contributed by atoms with Crippen LogP contribution in [0.1, 0.15) is 12.0 Å². The highest BCUT2D eigenvalue weighted by molar-refractivity contribution is 6.08. The number of fused-ring (bicyclic) bond motifs is 2. The van der Waals surface area contributed by atoms with Gasteiger partial charge in [0.05, 0.1) is 11.1 Å². The molecule has 25 heavy (non-hydrogen) atoms. The zero-order chi connectivity index (χ0) is 17.6. The van der Waals surface area contributed by atoms with Crippen molar-refractivity contribution in [2.24, 2.45) is 0 Å². The van der Waals surface area contributed by atoms with Crippen LogP contribution in [0.15, 0.2) is 48.5 Å². The first-order valence-corrected chi connectivity index (χ1v) is 8.21. The van der Waals surface area contributed by atoms with E-state index in [-0.39, 0.29) is 17.6 Å². The van der Waals surface area contributed by atoms with Gasteiger partial charge in [0.15, 0.2) is 0 Å². The summed E-state index contributed by atoms with van der Waals surface area (Å²) in [5.41, 5.74) is 1.30. The SMILES string of the molecule is CN1C(=O)C2(CCN(C(=O)Nc3ccccc3F)C2)c2ccccc21. The van der Waals surface area contributed by atoms with Crippen LogP contribution in [0.2, 0.25) is 0 Å². The predicted molar refractivity (Wildman–Crippen MR) is 93.1 cm³/mol. The zero-order valence-electron chi connectivity index (χ0n) is 13.8. The van der Waals surface area contributed by atoms with Gasteiger partial charge in [0.25, 0.3) is 0 Å². The molecule has 1 fully saturated rings. The average molecular weight is 339 g/mol. The molecule has 1 unspecified atom stereocenters. The van der Waals surface area contributed by atoms with Gasteiger partial charge < -0.3 is 15.1 Å². The van der Waals surface area contributed by atoms with E-state index in [1.54, 1.807) is 29.0 Å². The van der Waals surface area contributed by atoms with Crippen LogP contribution < -0.4 is 10.2 Å².